The van der Waals surface area contributed by atoms with Crippen LogP contribution in [0.3, 0.4) is 0 Å². The number of carbonyl (C=O) groups is 1. The summed E-state index contributed by atoms with van der Waals surface area (Å²) < 4.78 is 46.1. The Hall–Kier alpha value is -3.27. The molecule has 184 valence electrons. The van der Waals surface area contributed by atoms with E-state index in [1.165, 1.54) is 16.4 Å². The molecule has 3 aromatic rings. The van der Waals surface area contributed by atoms with Crippen LogP contribution in [0, 0.1) is 12.7 Å². The summed E-state index contributed by atoms with van der Waals surface area (Å²) in [7, 11) is -2.18. The second-order valence-electron chi connectivity index (χ2n) is 8.55. The maximum absolute atomic E-state index is 13.6. The summed E-state index contributed by atoms with van der Waals surface area (Å²) in [5.74, 6) is -0.105. The summed E-state index contributed by atoms with van der Waals surface area (Å²) in [6, 6.07) is 19.4. The summed E-state index contributed by atoms with van der Waals surface area (Å²) >= 11 is 0. The first-order valence-electron chi connectivity index (χ1n) is 11.4. The van der Waals surface area contributed by atoms with E-state index in [-0.39, 0.29) is 23.9 Å². The minimum atomic E-state index is -3.74. The first-order chi connectivity index (χ1) is 16.8. The van der Waals surface area contributed by atoms with Gasteiger partial charge in [0, 0.05) is 5.56 Å². The third-order valence-corrected chi connectivity index (χ3v) is 8.15. The number of nitrogens with zero attached hydrogens (tertiary/aromatic N) is 1. The lowest BCUT2D eigenvalue weighted by molar-refractivity contribution is -0.925. The van der Waals surface area contributed by atoms with Crippen LogP contribution in [-0.4, -0.2) is 51.9 Å². The molecule has 1 saturated heterocycles. The largest absolute Gasteiger partial charge is 0.495 e. The van der Waals surface area contributed by atoms with Crippen LogP contribution in [0.2, 0.25) is 0 Å². The van der Waals surface area contributed by atoms with Crippen molar-refractivity contribution in [3.05, 3.63) is 89.7 Å². The fourth-order valence-corrected chi connectivity index (χ4v) is 5.84. The van der Waals surface area contributed by atoms with Crippen LogP contribution in [-0.2, 0) is 14.8 Å². The lowest BCUT2D eigenvalue weighted by Crippen LogP contribution is -3.16. The highest BCUT2D eigenvalue weighted by molar-refractivity contribution is 7.89. The number of anilines is 1. The standard InChI is InChI=1S/C26H28FN3O4S/c1-19-8-13-24(34-2)23(18-19)28-26(31)25(20-6-4-3-5-7-20)29-14-16-30(17-15-29)35(32,33)22-11-9-21(27)10-12-22/h3-13,18,25H,14-17H2,1-2H3,(H,28,31)/p+1/t25-/m1/s1. The smallest absolute Gasteiger partial charge is 0.287 e. The SMILES string of the molecule is COc1ccc(C)cc1NC(=O)[C@@H](c1ccccc1)[NH+]1CCN(S(=O)(=O)c2ccc(F)cc2)CC1. The number of quaternary nitrogens is 1. The van der Waals surface area contributed by atoms with Crippen molar-refractivity contribution in [2.24, 2.45) is 0 Å². The molecule has 0 aliphatic carbocycles. The average molecular weight is 499 g/mol. The lowest BCUT2D eigenvalue weighted by atomic mass is 10.0. The van der Waals surface area contributed by atoms with Gasteiger partial charge in [0.25, 0.3) is 5.91 Å². The fraction of sp³-hybridized carbons (Fsp3) is 0.269. The number of rotatable bonds is 7. The molecule has 3 aromatic carbocycles. The van der Waals surface area contributed by atoms with E-state index in [2.05, 4.69) is 5.32 Å². The molecule has 0 bridgehead atoms. The first-order valence-corrected chi connectivity index (χ1v) is 12.8. The van der Waals surface area contributed by atoms with Gasteiger partial charge in [-0.05, 0) is 48.9 Å². The number of carbonyl (C=O) groups excluding carboxylic acids is 1. The molecule has 1 heterocycles. The lowest BCUT2D eigenvalue weighted by Gasteiger charge is -2.35. The highest BCUT2D eigenvalue weighted by Crippen LogP contribution is 2.26. The van der Waals surface area contributed by atoms with E-state index in [1.54, 1.807) is 7.11 Å². The molecule has 0 spiro atoms. The molecule has 7 nitrogen and oxygen atoms in total. The molecule has 1 fully saturated rings. The van der Waals surface area contributed by atoms with Crippen molar-refractivity contribution in [3.8, 4) is 5.75 Å². The van der Waals surface area contributed by atoms with Gasteiger partial charge >= 0.3 is 0 Å². The zero-order valence-corrected chi connectivity index (χ0v) is 20.5. The number of amides is 1. The molecule has 0 radical (unpaired) electrons. The van der Waals surface area contributed by atoms with E-state index in [4.69, 9.17) is 4.74 Å². The Kier molecular flexibility index (Phi) is 7.49. The fourth-order valence-electron chi connectivity index (χ4n) is 4.40. The zero-order valence-electron chi connectivity index (χ0n) is 19.7. The van der Waals surface area contributed by atoms with Crippen molar-refractivity contribution in [3.63, 3.8) is 0 Å². The number of benzene rings is 3. The van der Waals surface area contributed by atoms with Gasteiger partial charge in [0.05, 0.1) is 43.9 Å². The number of methoxy groups -OCH3 is 1. The number of sulfonamides is 1. The topological polar surface area (TPSA) is 80.2 Å². The number of halogens is 1. The third-order valence-electron chi connectivity index (χ3n) is 6.23. The number of hydrogen-bond donors (Lipinski definition) is 2. The molecular weight excluding hydrogens is 469 g/mol. The monoisotopic (exact) mass is 498 g/mol. The maximum atomic E-state index is 13.6. The molecule has 1 aliphatic rings. The first kappa shape index (κ1) is 24.8. The summed E-state index contributed by atoms with van der Waals surface area (Å²) in [6.45, 7) is 3.32. The molecule has 1 amide bonds. The van der Waals surface area contributed by atoms with Gasteiger partial charge in [-0.2, -0.15) is 4.31 Å². The minimum absolute atomic E-state index is 0.0613. The Morgan fingerprint density at radius 3 is 2.31 bits per heavy atom. The second-order valence-corrected chi connectivity index (χ2v) is 10.5. The van der Waals surface area contributed by atoms with E-state index in [1.807, 2.05) is 55.5 Å². The van der Waals surface area contributed by atoms with Crippen LogP contribution < -0.4 is 15.0 Å². The summed E-state index contributed by atoms with van der Waals surface area (Å²) in [5.41, 5.74) is 2.43. The van der Waals surface area contributed by atoms with Gasteiger partial charge in [0.2, 0.25) is 10.0 Å². The van der Waals surface area contributed by atoms with Gasteiger partial charge in [0.1, 0.15) is 11.6 Å². The molecule has 35 heavy (non-hydrogen) atoms. The molecule has 1 aliphatic heterocycles. The maximum Gasteiger partial charge on any atom is 0.287 e. The summed E-state index contributed by atoms with van der Waals surface area (Å²) in [6.07, 6.45) is 0. The van der Waals surface area contributed by atoms with E-state index < -0.39 is 21.9 Å². The Morgan fingerprint density at radius 1 is 1.03 bits per heavy atom. The van der Waals surface area contributed by atoms with Crippen molar-refractivity contribution >= 4 is 21.6 Å². The molecule has 9 heteroatoms. The van der Waals surface area contributed by atoms with Crippen LogP contribution in [0.15, 0.2) is 77.7 Å². The second kappa shape index (κ2) is 10.6. The van der Waals surface area contributed by atoms with Gasteiger partial charge in [0.15, 0.2) is 6.04 Å². The molecule has 0 saturated carbocycles. The quantitative estimate of drug-likeness (QED) is 0.525. The minimum Gasteiger partial charge on any atom is -0.495 e. The van der Waals surface area contributed by atoms with Crippen LogP contribution in [0.5, 0.6) is 5.75 Å². The van der Waals surface area contributed by atoms with Crippen LogP contribution in [0.4, 0.5) is 10.1 Å². The highest BCUT2D eigenvalue weighted by Gasteiger charge is 2.37. The van der Waals surface area contributed by atoms with Gasteiger partial charge in [-0.15, -0.1) is 0 Å². The molecule has 1 atom stereocenters. The number of ether oxygens (including phenoxy) is 1. The molecule has 0 unspecified atom stereocenters. The summed E-state index contributed by atoms with van der Waals surface area (Å²) in [5, 5.41) is 3.02. The van der Waals surface area contributed by atoms with Gasteiger partial charge in [-0.3, -0.25) is 4.79 Å². The number of hydrogen-bond acceptors (Lipinski definition) is 4. The van der Waals surface area contributed by atoms with Crippen LogP contribution >= 0.6 is 0 Å². The number of piperazine rings is 1. The molecule has 0 aromatic heterocycles. The summed E-state index contributed by atoms with van der Waals surface area (Å²) in [4.78, 5) is 14.6. The van der Waals surface area contributed by atoms with E-state index in [0.717, 1.165) is 28.2 Å². The van der Waals surface area contributed by atoms with Gasteiger partial charge in [-0.1, -0.05) is 36.4 Å². The number of aryl methyl sites for hydroxylation is 1. The van der Waals surface area contributed by atoms with E-state index in [0.29, 0.717) is 24.5 Å². The van der Waals surface area contributed by atoms with Crippen molar-refractivity contribution < 1.29 is 27.2 Å². The predicted octanol–water partition coefficient (Wildman–Crippen LogP) is 2.41. The van der Waals surface area contributed by atoms with E-state index in [9.17, 15) is 17.6 Å². The van der Waals surface area contributed by atoms with Crippen molar-refractivity contribution in [2.45, 2.75) is 17.9 Å². The van der Waals surface area contributed by atoms with Crippen LogP contribution in [0.1, 0.15) is 17.2 Å². The molecule has 2 N–H and O–H groups in total. The molecular formula is C26H29FN3O4S+. The Morgan fingerprint density at radius 2 is 1.69 bits per heavy atom. The average Bonchev–Trinajstić information content (AvgIpc) is 2.86. The van der Waals surface area contributed by atoms with Gasteiger partial charge < -0.3 is 15.0 Å². The Balaban J connectivity index is 1.55. The normalized spacial score (nSPS) is 16.0. The van der Waals surface area contributed by atoms with Crippen molar-refractivity contribution in [1.29, 1.82) is 0 Å². The van der Waals surface area contributed by atoms with Crippen molar-refractivity contribution in [1.82, 2.24) is 4.31 Å². The number of nitrogens with one attached hydrogen (secondary N) is 2. The predicted molar refractivity (Wildman–Crippen MR) is 131 cm³/mol. The Labute approximate surface area is 205 Å². The van der Waals surface area contributed by atoms with Gasteiger partial charge in [-0.25, -0.2) is 12.8 Å². The third kappa shape index (κ3) is 5.53. The molecule has 4 rings (SSSR count). The zero-order chi connectivity index (χ0) is 25.0. The van der Waals surface area contributed by atoms with Crippen LogP contribution in [0.25, 0.3) is 0 Å². The highest BCUT2D eigenvalue weighted by atomic mass is 32.2. The van der Waals surface area contributed by atoms with Crippen molar-refractivity contribution in [2.75, 3.05) is 38.6 Å². The Bertz CT molecular complexity index is 1280. The van der Waals surface area contributed by atoms with E-state index >= 15 is 0 Å².